The van der Waals surface area contributed by atoms with Crippen LogP contribution < -0.4 is 5.32 Å². The largest absolute Gasteiger partial charge is 0.305 e. The summed E-state index contributed by atoms with van der Waals surface area (Å²) >= 11 is 0. The maximum Gasteiger partial charge on any atom is 0.136 e. The topological polar surface area (TPSA) is 29.1 Å². The van der Waals surface area contributed by atoms with Crippen molar-refractivity contribution >= 4 is 6.29 Å². The molecule has 1 fully saturated rings. The second-order valence-electron chi connectivity index (χ2n) is 2.39. The van der Waals surface area contributed by atoms with E-state index in [1.54, 1.807) is 0 Å². The minimum atomic E-state index is 0.144. The first-order valence-corrected chi connectivity index (χ1v) is 3.04. The quantitative estimate of drug-likeness (QED) is 0.496. The van der Waals surface area contributed by atoms with Crippen molar-refractivity contribution in [1.82, 2.24) is 5.32 Å². The van der Waals surface area contributed by atoms with Crippen LogP contribution in [0.15, 0.2) is 0 Å². The van der Waals surface area contributed by atoms with Gasteiger partial charge in [0.2, 0.25) is 0 Å². The van der Waals surface area contributed by atoms with Gasteiger partial charge in [-0.3, -0.25) is 0 Å². The lowest BCUT2D eigenvalue weighted by atomic mass is 10.2. The molecule has 8 heavy (non-hydrogen) atoms. The summed E-state index contributed by atoms with van der Waals surface area (Å²) < 4.78 is 0. The Morgan fingerprint density at radius 2 is 2.38 bits per heavy atom. The summed E-state index contributed by atoms with van der Waals surface area (Å²) in [6.07, 6.45) is 3.15. The number of carbonyl (C=O) groups is 1. The van der Waals surface area contributed by atoms with E-state index in [-0.39, 0.29) is 6.04 Å². The summed E-state index contributed by atoms with van der Waals surface area (Å²) in [6, 6.07) is 0.690. The molecule has 2 nitrogen and oxygen atoms in total. The van der Waals surface area contributed by atoms with Crippen LogP contribution in [0.1, 0.15) is 19.8 Å². The molecule has 1 N–H and O–H groups in total. The molecule has 1 aliphatic heterocycles. The van der Waals surface area contributed by atoms with Gasteiger partial charge in [-0.15, -0.1) is 0 Å². The van der Waals surface area contributed by atoms with Gasteiger partial charge in [-0.1, -0.05) is 0 Å². The molecule has 0 amide bonds. The molecule has 0 aliphatic carbocycles. The normalized spacial score (nSPS) is 37.6. The Labute approximate surface area is 49.3 Å². The van der Waals surface area contributed by atoms with Crippen molar-refractivity contribution in [3.8, 4) is 0 Å². The van der Waals surface area contributed by atoms with Gasteiger partial charge in [0.1, 0.15) is 6.29 Å². The highest BCUT2D eigenvalue weighted by molar-refractivity contribution is 5.58. The maximum absolute atomic E-state index is 10.1. The lowest BCUT2D eigenvalue weighted by Gasteiger charge is -2.00. The lowest BCUT2D eigenvalue weighted by Crippen LogP contribution is -2.27. The van der Waals surface area contributed by atoms with E-state index >= 15 is 0 Å². The van der Waals surface area contributed by atoms with Gasteiger partial charge < -0.3 is 10.1 Å². The van der Waals surface area contributed by atoms with E-state index < -0.39 is 0 Å². The first kappa shape index (κ1) is 5.76. The Hall–Kier alpha value is -0.370. The van der Waals surface area contributed by atoms with E-state index in [0.717, 1.165) is 19.1 Å². The van der Waals surface area contributed by atoms with Crippen LogP contribution in [0, 0.1) is 0 Å². The van der Waals surface area contributed by atoms with E-state index in [1.165, 1.54) is 0 Å². The zero-order valence-electron chi connectivity index (χ0n) is 5.05. The number of nitrogens with one attached hydrogen (secondary N) is 1. The van der Waals surface area contributed by atoms with Crippen LogP contribution in [0.2, 0.25) is 0 Å². The fraction of sp³-hybridized carbons (Fsp3) is 0.833. The van der Waals surface area contributed by atoms with Gasteiger partial charge in [-0.2, -0.15) is 0 Å². The number of aldehydes is 1. The molecular formula is C6H11NO. The minimum Gasteiger partial charge on any atom is -0.305 e. The van der Waals surface area contributed by atoms with Crippen LogP contribution >= 0.6 is 0 Å². The average Bonchev–Trinajstić information content (AvgIpc) is 2.14. The van der Waals surface area contributed by atoms with Gasteiger partial charge >= 0.3 is 0 Å². The molecule has 2 atom stereocenters. The monoisotopic (exact) mass is 113 g/mol. The SMILES string of the molecule is C[C@H]1CCC(C=O)N1. The van der Waals surface area contributed by atoms with E-state index in [0.29, 0.717) is 6.04 Å². The van der Waals surface area contributed by atoms with Crippen molar-refractivity contribution in [2.24, 2.45) is 0 Å². The van der Waals surface area contributed by atoms with Crippen molar-refractivity contribution in [1.29, 1.82) is 0 Å². The summed E-state index contributed by atoms with van der Waals surface area (Å²) in [7, 11) is 0. The zero-order valence-corrected chi connectivity index (χ0v) is 5.05. The standard InChI is InChI=1S/C6H11NO/c1-5-2-3-6(4-8)7-5/h4-7H,2-3H2,1H3/t5-,6?/m0/s1. The second-order valence-corrected chi connectivity index (χ2v) is 2.39. The van der Waals surface area contributed by atoms with Crippen molar-refractivity contribution in [3.05, 3.63) is 0 Å². The first-order valence-electron chi connectivity index (χ1n) is 3.04. The predicted octanol–water partition coefficient (Wildman–Crippen LogP) is 0.326. The zero-order chi connectivity index (χ0) is 5.98. The minimum absolute atomic E-state index is 0.144. The molecule has 0 aromatic rings. The maximum atomic E-state index is 10.1. The number of carbonyl (C=O) groups excluding carboxylic acids is 1. The van der Waals surface area contributed by atoms with Crippen LogP contribution in [0.3, 0.4) is 0 Å². The van der Waals surface area contributed by atoms with Crippen LogP contribution in [0.25, 0.3) is 0 Å². The third-order valence-electron chi connectivity index (χ3n) is 1.57. The van der Waals surface area contributed by atoms with E-state index in [4.69, 9.17) is 0 Å². The van der Waals surface area contributed by atoms with Gasteiger partial charge in [0.25, 0.3) is 0 Å². The lowest BCUT2D eigenvalue weighted by molar-refractivity contribution is -0.109. The molecule has 1 heterocycles. The third-order valence-corrected chi connectivity index (χ3v) is 1.57. The van der Waals surface area contributed by atoms with Gasteiger partial charge in [0, 0.05) is 6.04 Å². The second kappa shape index (κ2) is 2.27. The third kappa shape index (κ3) is 1.07. The predicted molar refractivity (Wildman–Crippen MR) is 31.7 cm³/mol. The molecule has 1 aliphatic rings. The molecule has 1 unspecified atom stereocenters. The Morgan fingerprint density at radius 3 is 2.62 bits per heavy atom. The molecular weight excluding hydrogens is 102 g/mol. The summed E-state index contributed by atoms with van der Waals surface area (Å²) in [5, 5.41) is 3.14. The molecule has 0 radical (unpaired) electrons. The fourth-order valence-corrected chi connectivity index (χ4v) is 1.07. The number of hydrogen-bond donors (Lipinski definition) is 1. The van der Waals surface area contributed by atoms with Crippen LogP contribution in [-0.2, 0) is 4.79 Å². The molecule has 0 aromatic heterocycles. The number of rotatable bonds is 1. The average molecular weight is 113 g/mol. The summed E-state index contributed by atoms with van der Waals surface area (Å²) in [5.74, 6) is 0. The molecule has 1 rings (SSSR count). The smallest absolute Gasteiger partial charge is 0.136 e. The van der Waals surface area contributed by atoms with Crippen molar-refractivity contribution in [3.63, 3.8) is 0 Å². The molecule has 0 saturated carbocycles. The Kier molecular flexibility index (Phi) is 1.63. The molecule has 0 spiro atoms. The first-order chi connectivity index (χ1) is 3.83. The molecule has 0 aromatic carbocycles. The Morgan fingerprint density at radius 1 is 1.62 bits per heavy atom. The highest BCUT2D eigenvalue weighted by atomic mass is 16.1. The van der Waals surface area contributed by atoms with Crippen molar-refractivity contribution in [2.45, 2.75) is 31.8 Å². The highest BCUT2D eigenvalue weighted by Crippen LogP contribution is 2.08. The Bertz CT molecular complexity index is 92.5. The van der Waals surface area contributed by atoms with E-state index in [2.05, 4.69) is 12.2 Å². The van der Waals surface area contributed by atoms with Gasteiger partial charge in [-0.25, -0.2) is 0 Å². The summed E-state index contributed by atoms with van der Waals surface area (Å²) in [6.45, 7) is 2.10. The van der Waals surface area contributed by atoms with Crippen LogP contribution in [-0.4, -0.2) is 18.4 Å². The molecule has 2 heteroatoms. The van der Waals surface area contributed by atoms with Crippen LogP contribution in [0.4, 0.5) is 0 Å². The molecule has 0 bridgehead atoms. The molecule has 1 saturated heterocycles. The number of hydrogen-bond acceptors (Lipinski definition) is 2. The van der Waals surface area contributed by atoms with Crippen LogP contribution in [0.5, 0.6) is 0 Å². The van der Waals surface area contributed by atoms with Crippen molar-refractivity contribution < 1.29 is 4.79 Å². The molecule has 46 valence electrons. The summed E-state index contributed by atoms with van der Waals surface area (Å²) in [5.41, 5.74) is 0. The fourth-order valence-electron chi connectivity index (χ4n) is 1.07. The van der Waals surface area contributed by atoms with Gasteiger partial charge in [0.15, 0.2) is 0 Å². The highest BCUT2D eigenvalue weighted by Gasteiger charge is 2.18. The van der Waals surface area contributed by atoms with E-state index in [1.807, 2.05) is 0 Å². The van der Waals surface area contributed by atoms with Gasteiger partial charge in [-0.05, 0) is 19.8 Å². The van der Waals surface area contributed by atoms with Gasteiger partial charge in [0.05, 0.1) is 6.04 Å². The van der Waals surface area contributed by atoms with Crippen molar-refractivity contribution in [2.75, 3.05) is 0 Å². The summed E-state index contributed by atoms with van der Waals surface area (Å²) in [4.78, 5) is 10.1. The van der Waals surface area contributed by atoms with E-state index in [9.17, 15) is 4.79 Å². The Balaban J connectivity index is 2.32.